The number of amides is 1. The van der Waals surface area contributed by atoms with Crippen LogP contribution in [0, 0.1) is 6.92 Å². The van der Waals surface area contributed by atoms with Gasteiger partial charge < -0.3 is 10.4 Å². The van der Waals surface area contributed by atoms with Gasteiger partial charge in [-0.25, -0.2) is 9.67 Å². The second-order valence-electron chi connectivity index (χ2n) is 5.96. The van der Waals surface area contributed by atoms with Crippen molar-refractivity contribution in [1.82, 2.24) is 20.1 Å². The summed E-state index contributed by atoms with van der Waals surface area (Å²) in [6.07, 6.45) is 2.09. The second kappa shape index (κ2) is 6.82. The average Bonchev–Trinajstić information content (AvgIpc) is 2.94. The number of carboxylic acid groups (broad SMARTS) is 1. The predicted molar refractivity (Wildman–Crippen MR) is 86.6 cm³/mol. The first-order valence-corrected chi connectivity index (χ1v) is 8.06. The summed E-state index contributed by atoms with van der Waals surface area (Å²) in [5.74, 6) is 0.416. The van der Waals surface area contributed by atoms with Gasteiger partial charge >= 0.3 is 5.97 Å². The van der Waals surface area contributed by atoms with E-state index < -0.39 is 5.97 Å². The Hall–Kier alpha value is -2.70. The molecule has 24 heavy (non-hydrogen) atoms. The maximum Gasteiger partial charge on any atom is 0.303 e. The molecule has 0 saturated heterocycles. The Bertz CT molecular complexity index is 769. The Morgan fingerprint density at radius 2 is 2.17 bits per heavy atom. The molecule has 0 bridgehead atoms. The molecule has 1 unspecified atom stereocenters. The maximum atomic E-state index is 12.7. The monoisotopic (exact) mass is 328 g/mol. The Balaban J connectivity index is 1.77. The van der Waals surface area contributed by atoms with Crippen LogP contribution >= 0.6 is 0 Å². The fourth-order valence-electron chi connectivity index (χ4n) is 3.04. The van der Waals surface area contributed by atoms with Crippen LogP contribution in [0.15, 0.2) is 24.3 Å². The highest BCUT2D eigenvalue weighted by molar-refractivity contribution is 5.96. The van der Waals surface area contributed by atoms with Gasteiger partial charge in [-0.05, 0) is 37.8 Å². The van der Waals surface area contributed by atoms with Crippen molar-refractivity contribution in [3.8, 4) is 0 Å². The van der Waals surface area contributed by atoms with Crippen LogP contribution in [-0.2, 0) is 17.8 Å². The number of nitrogens with one attached hydrogen (secondary N) is 1. The molecule has 126 valence electrons. The van der Waals surface area contributed by atoms with Crippen LogP contribution in [-0.4, -0.2) is 31.7 Å². The summed E-state index contributed by atoms with van der Waals surface area (Å²) < 4.78 is 1.85. The minimum atomic E-state index is -0.874. The number of benzene rings is 1. The van der Waals surface area contributed by atoms with Gasteiger partial charge in [-0.15, -0.1) is 0 Å². The molecular weight excluding hydrogens is 308 g/mol. The van der Waals surface area contributed by atoms with Crippen molar-refractivity contribution in [2.45, 2.75) is 45.2 Å². The molecule has 2 N–H and O–H groups in total. The summed E-state index contributed by atoms with van der Waals surface area (Å²) in [5, 5.41) is 16.2. The number of nitrogens with zero attached hydrogens (tertiary/aromatic N) is 3. The summed E-state index contributed by atoms with van der Waals surface area (Å²) in [5.41, 5.74) is 1.26. The van der Waals surface area contributed by atoms with Crippen molar-refractivity contribution < 1.29 is 14.7 Å². The zero-order valence-electron chi connectivity index (χ0n) is 13.5. The first-order chi connectivity index (χ1) is 11.5. The lowest BCUT2D eigenvalue weighted by Crippen LogP contribution is -2.33. The van der Waals surface area contributed by atoms with Crippen LogP contribution in [0.1, 0.15) is 52.9 Å². The normalized spacial score (nSPS) is 16.5. The van der Waals surface area contributed by atoms with Crippen molar-refractivity contribution in [3.05, 3.63) is 47.0 Å². The number of hydrogen-bond acceptors (Lipinski definition) is 4. The summed E-state index contributed by atoms with van der Waals surface area (Å²) in [6.45, 7) is 2.66. The molecule has 1 aliphatic rings. The molecule has 1 atom stereocenters. The van der Waals surface area contributed by atoms with Crippen molar-refractivity contribution in [3.63, 3.8) is 0 Å². The fourth-order valence-corrected chi connectivity index (χ4v) is 3.04. The van der Waals surface area contributed by atoms with E-state index in [2.05, 4.69) is 15.4 Å². The van der Waals surface area contributed by atoms with Gasteiger partial charge in [-0.3, -0.25) is 9.59 Å². The fraction of sp³-hybridized carbons (Fsp3) is 0.412. The van der Waals surface area contributed by atoms with E-state index in [1.165, 1.54) is 0 Å². The number of fused-ring (bicyclic) bond motifs is 1. The molecule has 0 aliphatic carbocycles. The standard InChI is InChI=1S/C17H20N4O3/c1-11-18-16-14(7-4-10-21(16)20-11)19-17(24)13-6-3-2-5-12(13)8-9-15(22)23/h2-3,5-6,14H,4,7-10H2,1H3,(H,19,24)(H,22,23). The minimum absolute atomic E-state index is 0.00123. The average molecular weight is 328 g/mol. The van der Waals surface area contributed by atoms with E-state index in [0.717, 1.165) is 30.8 Å². The third-order valence-corrected chi connectivity index (χ3v) is 4.16. The van der Waals surface area contributed by atoms with Crippen LogP contribution in [0.5, 0.6) is 0 Å². The van der Waals surface area contributed by atoms with E-state index in [1.54, 1.807) is 18.2 Å². The first kappa shape index (κ1) is 16.2. The number of hydrogen-bond donors (Lipinski definition) is 2. The third-order valence-electron chi connectivity index (χ3n) is 4.16. The molecule has 2 heterocycles. The van der Waals surface area contributed by atoms with Crippen molar-refractivity contribution in [1.29, 1.82) is 0 Å². The second-order valence-corrected chi connectivity index (χ2v) is 5.96. The van der Waals surface area contributed by atoms with Gasteiger partial charge in [0.25, 0.3) is 5.91 Å². The molecule has 1 amide bonds. The molecule has 0 radical (unpaired) electrons. The van der Waals surface area contributed by atoms with Gasteiger partial charge in [-0.1, -0.05) is 18.2 Å². The minimum Gasteiger partial charge on any atom is -0.481 e. The van der Waals surface area contributed by atoms with Crippen molar-refractivity contribution in [2.75, 3.05) is 0 Å². The Labute approximate surface area is 139 Å². The van der Waals surface area contributed by atoms with E-state index in [4.69, 9.17) is 5.11 Å². The van der Waals surface area contributed by atoms with E-state index in [0.29, 0.717) is 17.8 Å². The molecule has 2 aromatic rings. The van der Waals surface area contributed by atoms with Crippen LogP contribution in [0.25, 0.3) is 0 Å². The number of carbonyl (C=O) groups is 2. The molecule has 1 aromatic carbocycles. The van der Waals surface area contributed by atoms with Gasteiger partial charge in [0.15, 0.2) is 0 Å². The molecule has 0 spiro atoms. The largest absolute Gasteiger partial charge is 0.481 e. The first-order valence-electron chi connectivity index (χ1n) is 8.06. The smallest absolute Gasteiger partial charge is 0.303 e. The van der Waals surface area contributed by atoms with Crippen molar-refractivity contribution in [2.24, 2.45) is 0 Å². The van der Waals surface area contributed by atoms with Gasteiger partial charge in [0.05, 0.1) is 6.04 Å². The highest BCUT2D eigenvalue weighted by Gasteiger charge is 2.26. The van der Waals surface area contributed by atoms with Gasteiger partial charge in [0.1, 0.15) is 11.6 Å². The number of rotatable bonds is 5. The van der Waals surface area contributed by atoms with E-state index >= 15 is 0 Å². The zero-order valence-corrected chi connectivity index (χ0v) is 13.5. The highest BCUT2D eigenvalue weighted by atomic mass is 16.4. The number of carbonyl (C=O) groups excluding carboxylic acids is 1. The number of aryl methyl sites for hydroxylation is 3. The molecular formula is C17H20N4O3. The van der Waals surface area contributed by atoms with Gasteiger partial charge in [-0.2, -0.15) is 5.10 Å². The van der Waals surface area contributed by atoms with E-state index in [9.17, 15) is 9.59 Å². The molecule has 0 saturated carbocycles. The lowest BCUT2D eigenvalue weighted by atomic mass is 10.0. The molecule has 7 nitrogen and oxygen atoms in total. The number of aliphatic carboxylic acids is 1. The van der Waals surface area contributed by atoms with Crippen molar-refractivity contribution >= 4 is 11.9 Å². The zero-order chi connectivity index (χ0) is 17.1. The SMILES string of the molecule is Cc1nc2n(n1)CCCC2NC(=O)c1ccccc1CCC(=O)O. The van der Waals surface area contributed by atoms with Crippen LogP contribution in [0.2, 0.25) is 0 Å². The van der Waals surface area contributed by atoms with Gasteiger partial charge in [0, 0.05) is 18.5 Å². The molecule has 3 rings (SSSR count). The summed E-state index contributed by atoms with van der Waals surface area (Å²) in [6, 6.07) is 6.96. The van der Waals surface area contributed by atoms with Gasteiger partial charge in [0.2, 0.25) is 0 Å². The molecule has 7 heteroatoms. The molecule has 0 fully saturated rings. The molecule has 1 aliphatic heterocycles. The number of carboxylic acids is 1. The van der Waals surface area contributed by atoms with E-state index in [1.807, 2.05) is 17.7 Å². The topological polar surface area (TPSA) is 97.1 Å². The lowest BCUT2D eigenvalue weighted by Gasteiger charge is -2.23. The third kappa shape index (κ3) is 3.45. The summed E-state index contributed by atoms with van der Waals surface area (Å²) >= 11 is 0. The highest BCUT2D eigenvalue weighted by Crippen LogP contribution is 2.24. The lowest BCUT2D eigenvalue weighted by molar-refractivity contribution is -0.136. The van der Waals surface area contributed by atoms with Crippen LogP contribution in [0.4, 0.5) is 0 Å². The summed E-state index contributed by atoms with van der Waals surface area (Å²) in [7, 11) is 0. The van der Waals surface area contributed by atoms with Crippen LogP contribution < -0.4 is 5.32 Å². The van der Waals surface area contributed by atoms with Crippen LogP contribution in [0.3, 0.4) is 0 Å². The Morgan fingerprint density at radius 1 is 1.38 bits per heavy atom. The quantitative estimate of drug-likeness (QED) is 0.873. The maximum absolute atomic E-state index is 12.7. The Kier molecular flexibility index (Phi) is 4.59. The predicted octanol–water partition coefficient (Wildman–Crippen LogP) is 1.87. The number of aromatic nitrogens is 3. The summed E-state index contributed by atoms with van der Waals surface area (Å²) in [4.78, 5) is 27.9. The van der Waals surface area contributed by atoms with E-state index in [-0.39, 0.29) is 18.4 Å². The molecule has 1 aromatic heterocycles. The Morgan fingerprint density at radius 3 is 2.96 bits per heavy atom.